The van der Waals surface area contributed by atoms with Gasteiger partial charge in [0.2, 0.25) is 0 Å². The first-order valence-corrected chi connectivity index (χ1v) is 6.86. The van der Waals surface area contributed by atoms with Crippen LogP contribution >= 0.6 is 0 Å². The molecule has 0 atom stereocenters. The number of amides is 3. The molecule has 2 rings (SSSR count). The Kier molecular flexibility index (Phi) is 12.0. The second kappa shape index (κ2) is 11.6. The molecule has 12 heteroatoms. The Hall–Kier alpha value is 0.813. The molecule has 1 heterocycles. The number of aromatic nitrogens is 1. The molecule has 0 aliphatic heterocycles. The third kappa shape index (κ3) is 6.73. The first kappa shape index (κ1) is 25.8. The fourth-order valence-electron chi connectivity index (χ4n) is 1.89. The van der Waals surface area contributed by atoms with Crippen LogP contribution in [0.3, 0.4) is 0 Å². The third-order valence-electron chi connectivity index (χ3n) is 2.85. The van der Waals surface area contributed by atoms with E-state index in [0.717, 1.165) is 6.07 Å². The molecule has 0 bridgehead atoms. The molecule has 0 aliphatic rings. The third-order valence-corrected chi connectivity index (χ3v) is 3.13. The van der Waals surface area contributed by atoms with E-state index in [2.05, 4.69) is 30.2 Å². The van der Waals surface area contributed by atoms with Gasteiger partial charge in [-0.05, 0) is 12.1 Å². The van der Waals surface area contributed by atoms with Crippen LogP contribution in [0.1, 0.15) is 5.56 Å². The molecule has 0 fully saturated rings. The van der Waals surface area contributed by atoms with Crippen molar-refractivity contribution in [2.24, 2.45) is 0 Å². The number of nitrogens with one attached hydrogen (secondary N) is 1. The number of carbonyl (C=O) groups is 3. The Labute approximate surface area is 237 Å². The predicted octanol–water partition coefficient (Wildman–Crippen LogP) is -4.27. The molecule has 2 aromatic rings. The maximum absolute atomic E-state index is 14.3. The molecular weight excluding hydrogens is 426 g/mol. The monoisotopic (exact) mass is 433 g/mol. The number of hydrogen-bond donors (Lipinski definition) is 1. The molecule has 0 aliphatic carbocycles. The summed E-state index contributed by atoms with van der Waals surface area (Å²) in [7, 11) is 0. The molecule has 0 saturated heterocycles. The average Bonchev–Trinajstić information content (AvgIpc) is 2.48. The van der Waals surface area contributed by atoms with Gasteiger partial charge in [-0.25, -0.2) is 13.8 Å². The second-order valence-electron chi connectivity index (χ2n) is 4.29. The van der Waals surface area contributed by atoms with E-state index in [1.807, 2.05) is 0 Å². The number of nitrogens with zero attached hydrogens (tertiary/aromatic N) is 2. The summed E-state index contributed by atoms with van der Waals surface area (Å²) in [4.78, 5) is 37.7. The van der Waals surface area contributed by atoms with Crippen LogP contribution in [-0.4, -0.2) is 26.4 Å². The number of fused-ring (bicyclic) bond motifs is 1. The summed E-state index contributed by atoms with van der Waals surface area (Å²) in [5.74, 6) is -3.12. The van der Waals surface area contributed by atoms with Gasteiger partial charge in [-0.1, -0.05) is 0 Å². The average molecular weight is 434 g/mol. The SMILES string of the molecule is O=C([S-])NN(C(=O)[S-])C(=O)Cc1c(F)cc2ncccc2c1F.[K+].[K+]. The second-order valence-corrected chi connectivity index (χ2v) is 5.01. The Bertz CT molecular complexity index is 826. The summed E-state index contributed by atoms with van der Waals surface area (Å²) in [5, 5.41) is -2.24. The zero-order chi connectivity index (χ0) is 17.1. The molecule has 6 nitrogen and oxygen atoms in total. The van der Waals surface area contributed by atoms with E-state index >= 15 is 0 Å². The van der Waals surface area contributed by atoms with E-state index in [9.17, 15) is 23.2 Å². The number of pyridine rings is 1. The van der Waals surface area contributed by atoms with Gasteiger partial charge in [0.25, 0.3) is 5.91 Å². The molecule has 3 amide bonds. The van der Waals surface area contributed by atoms with Gasteiger partial charge >= 0.3 is 103 Å². The minimum Gasteiger partial charge on any atom is -0.717 e. The summed E-state index contributed by atoms with van der Waals surface area (Å²) >= 11 is 8.44. The van der Waals surface area contributed by atoms with Crippen molar-refractivity contribution >= 4 is 52.5 Å². The molecular formula is C13H7F2K2N3O3S2. The van der Waals surface area contributed by atoms with E-state index in [1.54, 1.807) is 5.43 Å². The minimum absolute atomic E-state index is 0. The van der Waals surface area contributed by atoms with Crippen molar-refractivity contribution in [1.29, 1.82) is 0 Å². The van der Waals surface area contributed by atoms with Crippen molar-refractivity contribution < 1.29 is 126 Å². The van der Waals surface area contributed by atoms with Crippen LogP contribution in [0, 0.1) is 11.6 Å². The van der Waals surface area contributed by atoms with Gasteiger partial charge in [0.1, 0.15) is 22.1 Å². The molecule has 0 saturated carbocycles. The van der Waals surface area contributed by atoms with Crippen molar-refractivity contribution in [2.75, 3.05) is 0 Å². The van der Waals surface area contributed by atoms with Gasteiger partial charge in [0, 0.05) is 23.2 Å². The molecule has 1 N–H and O–H groups in total. The van der Waals surface area contributed by atoms with E-state index in [-0.39, 0.29) is 119 Å². The number of hydrazine groups is 1. The minimum atomic E-state index is -1.25. The number of hydrogen-bond acceptors (Lipinski definition) is 6. The normalized spacial score (nSPS) is 9.52. The van der Waals surface area contributed by atoms with Crippen LogP contribution in [0.25, 0.3) is 10.9 Å². The van der Waals surface area contributed by atoms with Crippen LogP contribution < -0.4 is 108 Å². The van der Waals surface area contributed by atoms with Crippen LogP contribution in [-0.2, 0) is 36.5 Å². The number of imide groups is 1. The maximum Gasteiger partial charge on any atom is 1.00 e. The van der Waals surface area contributed by atoms with Gasteiger partial charge < -0.3 is 30.1 Å². The quantitative estimate of drug-likeness (QED) is 0.294. The van der Waals surface area contributed by atoms with Crippen molar-refractivity contribution in [3.8, 4) is 0 Å². The zero-order valence-corrected chi connectivity index (χ0v) is 21.1. The molecule has 1 aromatic carbocycles. The Morgan fingerprint density at radius 2 is 1.84 bits per heavy atom. The van der Waals surface area contributed by atoms with Gasteiger partial charge in [-0.3, -0.25) is 20.0 Å². The molecule has 1 aromatic heterocycles. The van der Waals surface area contributed by atoms with Crippen molar-refractivity contribution in [3.63, 3.8) is 0 Å². The van der Waals surface area contributed by atoms with E-state index in [4.69, 9.17) is 0 Å². The molecule has 25 heavy (non-hydrogen) atoms. The standard InChI is InChI=1S/C13H9F2N3O3S2.2K/c14-8-5-9-6(2-1-3-16-9)11(15)7(8)4-10(19)18(13(21)23)17-12(20)22;;/h1-3,5H,4H2,(H,21,23)(H2,17,20,22);;/q;2*+1/p-2. The number of carbonyl (C=O) groups excluding carboxylic acids is 3. The zero-order valence-electron chi connectivity index (χ0n) is 13.2. The number of benzene rings is 1. The maximum atomic E-state index is 14.3. The Balaban J connectivity index is 0.00000288. The summed E-state index contributed by atoms with van der Waals surface area (Å²) in [6, 6.07) is 3.78. The van der Waals surface area contributed by atoms with Crippen LogP contribution in [0.2, 0.25) is 0 Å². The van der Waals surface area contributed by atoms with Crippen molar-refractivity contribution in [3.05, 3.63) is 41.6 Å². The number of halogens is 2. The van der Waals surface area contributed by atoms with Crippen LogP contribution in [0.4, 0.5) is 18.4 Å². The first-order chi connectivity index (χ1) is 10.8. The summed E-state index contributed by atoms with van der Waals surface area (Å²) < 4.78 is 28.3. The summed E-state index contributed by atoms with van der Waals surface area (Å²) in [6.07, 6.45) is 0.531. The topological polar surface area (TPSA) is 79.4 Å². The smallest absolute Gasteiger partial charge is 0.717 e. The van der Waals surface area contributed by atoms with Crippen molar-refractivity contribution in [2.45, 2.75) is 6.42 Å². The first-order valence-electron chi connectivity index (χ1n) is 6.04. The largest absolute Gasteiger partial charge is 1.00 e. The Morgan fingerprint density at radius 1 is 1.20 bits per heavy atom. The van der Waals surface area contributed by atoms with Gasteiger partial charge in [-0.15, -0.1) is 0 Å². The number of rotatable bonds is 2. The van der Waals surface area contributed by atoms with E-state index < -0.39 is 40.0 Å². The molecule has 0 spiro atoms. The van der Waals surface area contributed by atoms with Gasteiger partial charge in [0.15, 0.2) is 0 Å². The van der Waals surface area contributed by atoms with Crippen molar-refractivity contribution in [1.82, 2.24) is 15.4 Å². The van der Waals surface area contributed by atoms with Gasteiger partial charge in [-0.2, -0.15) is 0 Å². The van der Waals surface area contributed by atoms with Crippen LogP contribution in [0.5, 0.6) is 0 Å². The van der Waals surface area contributed by atoms with E-state index in [0.29, 0.717) is 0 Å². The molecule has 0 unspecified atom stereocenters. The van der Waals surface area contributed by atoms with Gasteiger partial charge in [0.05, 0.1) is 11.9 Å². The molecule has 120 valence electrons. The Morgan fingerprint density at radius 3 is 2.40 bits per heavy atom. The fraction of sp³-hybridized carbons (Fsp3) is 0.0769. The summed E-state index contributed by atoms with van der Waals surface area (Å²) in [6.45, 7) is 0. The predicted molar refractivity (Wildman–Crippen MR) is 80.9 cm³/mol. The molecule has 0 radical (unpaired) electrons. The van der Waals surface area contributed by atoms with E-state index in [1.165, 1.54) is 18.3 Å². The van der Waals surface area contributed by atoms with Crippen LogP contribution in [0.15, 0.2) is 24.4 Å². The summed E-state index contributed by atoms with van der Waals surface area (Å²) in [5.41, 5.74) is 1.23. The fourth-order valence-corrected chi connectivity index (χ4v) is 2.12.